The van der Waals surface area contributed by atoms with Gasteiger partial charge in [-0.2, -0.15) is 5.10 Å². The van der Waals surface area contributed by atoms with Crippen LogP contribution in [0.4, 0.5) is 0 Å². The summed E-state index contributed by atoms with van der Waals surface area (Å²) in [6.45, 7) is 1.42. The smallest absolute Gasteiger partial charge is 0.248 e. The maximum Gasteiger partial charge on any atom is 0.248 e. The number of aryl methyl sites for hydroxylation is 1. The third-order valence-corrected chi connectivity index (χ3v) is 4.85. The van der Waals surface area contributed by atoms with Crippen molar-refractivity contribution in [2.75, 3.05) is 26.8 Å². The number of carbonyl (C=O) groups is 2. The van der Waals surface area contributed by atoms with Crippen LogP contribution in [-0.4, -0.2) is 58.8 Å². The molecule has 1 aromatic rings. The molecule has 7 nitrogen and oxygen atoms in total. The fourth-order valence-corrected chi connectivity index (χ4v) is 3.70. The average Bonchev–Trinajstić information content (AvgIpc) is 3.04. The maximum absolute atomic E-state index is 12.0. The molecule has 1 aromatic heterocycles. The molecule has 1 N–H and O–H groups in total. The largest absolute Gasteiger partial charge is 0.375 e. The van der Waals surface area contributed by atoms with Gasteiger partial charge in [0.15, 0.2) is 0 Å². The van der Waals surface area contributed by atoms with E-state index in [1.165, 1.54) is 7.11 Å². The van der Waals surface area contributed by atoms with E-state index in [4.69, 9.17) is 4.74 Å². The van der Waals surface area contributed by atoms with Gasteiger partial charge in [0.1, 0.15) is 6.61 Å². The number of hydrogen-bond donors (Lipinski definition) is 1. The summed E-state index contributed by atoms with van der Waals surface area (Å²) >= 11 is 0. The van der Waals surface area contributed by atoms with Crippen molar-refractivity contribution in [2.45, 2.75) is 30.7 Å². The number of nitrogens with one attached hydrogen (secondary N) is 1. The Kier molecular flexibility index (Phi) is 3.90. The van der Waals surface area contributed by atoms with Crippen molar-refractivity contribution in [1.29, 1.82) is 0 Å². The molecule has 2 aliphatic heterocycles. The van der Waals surface area contributed by atoms with Crippen LogP contribution in [0, 0.1) is 0 Å². The van der Waals surface area contributed by atoms with Crippen molar-refractivity contribution in [2.24, 2.45) is 7.05 Å². The Morgan fingerprint density at radius 1 is 1.50 bits per heavy atom. The molecule has 2 saturated heterocycles. The highest BCUT2D eigenvalue weighted by atomic mass is 16.5. The minimum absolute atomic E-state index is 0.0135. The van der Waals surface area contributed by atoms with Crippen molar-refractivity contribution in [3.05, 3.63) is 18.0 Å². The van der Waals surface area contributed by atoms with Crippen molar-refractivity contribution in [3.8, 4) is 0 Å². The average molecular weight is 306 g/mol. The quantitative estimate of drug-likeness (QED) is 0.855. The molecule has 2 aliphatic rings. The summed E-state index contributed by atoms with van der Waals surface area (Å²) in [4.78, 5) is 25.7. The highest BCUT2D eigenvalue weighted by Gasteiger charge is 2.49. The van der Waals surface area contributed by atoms with E-state index < -0.39 is 0 Å². The molecule has 3 rings (SSSR count). The zero-order chi connectivity index (χ0) is 15.7. The van der Waals surface area contributed by atoms with Crippen LogP contribution >= 0.6 is 0 Å². The molecule has 0 bridgehead atoms. The van der Waals surface area contributed by atoms with Gasteiger partial charge in [-0.3, -0.25) is 14.3 Å². The minimum Gasteiger partial charge on any atom is -0.375 e. The van der Waals surface area contributed by atoms with Gasteiger partial charge in [-0.05, 0) is 18.4 Å². The van der Waals surface area contributed by atoms with Gasteiger partial charge in [0.2, 0.25) is 11.8 Å². The first-order valence-electron chi connectivity index (χ1n) is 7.60. The van der Waals surface area contributed by atoms with Crippen molar-refractivity contribution in [3.63, 3.8) is 0 Å². The van der Waals surface area contributed by atoms with Crippen molar-refractivity contribution in [1.82, 2.24) is 20.0 Å². The molecule has 0 aromatic carbocycles. The van der Waals surface area contributed by atoms with Gasteiger partial charge in [0, 0.05) is 45.8 Å². The summed E-state index contributed by atoms with van der Waals surface area (Å²) in [6.07, 6.45) is 5.86. The van der Waals surface area contributed by atoms with Gasteiger partial charge < -0.3 is 15.0 Å². The van der Waals surface area contributed by atoms with Crippen LogP contribution in [0.25, 0.3) is 0 Å². The number of carbonyl (C=O) groups excluding carboxylic acids is 2. The number of piperidine rings is 1. The lowest BCUT2D eigenvalue weighted by Gasteiger charge is -2.42. The molecule has 1 unspecified atom stereocenters. The Bertz CT molecular complexity index is 575. The van der Waals surface area contributed by atoms with Gasteiger partial charge in [-0.25, -0.2) is 0 Å². The zero-order valence-corrected chi connectivity index (χ0v) is 13.0. The highest BCUT2D eigenvalue weighted by Crippen LogP contribution is 2.42. The van der Waals surface area contributed by atoms with Crippen LogP contribution in [-0.2, 0) is 21.4 Å². The fourth-order valence-electron chi connectivity index (χ4n) is 3.70. The second-order valence-corrected chi connectivity index (χ2v) is 6.22. The second-order valence-electron chi connectivity index (χ2n) is 6.22. The predicted molar refractivity (Wildman–Crippen MR) is 79.1 cm³/mol. The summed E-state index contributed by atoms with van der Waals surface area (Å²) in [7, 11) is 3.41. The first-order valence-corrected chi connectivity index (χ1v) is 7.60. The lowest BCUT2D eigenvalue weighted by atomic mass is 9.75. The molecule has 1 spiro atoms. The molecule has 0 aliphatic carbocycles. The van der Waals surface area contributed by atoms with Gasteiger partial charge in [0.05, 0.1) is 11.7 Å². The van der Waals surface area contributed by atoms with Gasteiger partial charge in [-0.15, -0.1) is 0 Å². The number of rotatable bonds is 3. The standard InChI is InChI=1S/C15H22N4O3/c1-18-9-11(8-16-18)12-7-13(20)17-15(12)3-5-19(6-4-15)14(21)10-22-2/h8-9,12H,3-7,10H2,1-2H3,(H,17,20). The number of nitrogens with zero attached hydrogens (tertiary/aromatic N) is 3. The maximum atomic E-state index is 12.0. The fraction of sp³-hybridized carbons (Fsp3) is 0.667. The van der Waals surface area contributed by atoms with Gasteiger partial charge in [0.25, 0.3) is 0 Å². The number of likely N-dealkylation sites (tertiary alicyclic amines) is 1. The number of hydrogen-bond acceptors (Lipinski definition) is 4. The molecule has 2 amide bonds. The molecule has 120 valence electrons. The summed E-state index contributed by atoms with van der Waals surface area (Å²) in [6, 6.07) is 0. The Morgan fingerprint density at radius 2 is 2.23 bits per heavy atom. The number of amides is 2. The van der Waals surface area contributed by atoms with Crippen molar-refractivity contribution >= 4 is 11.8 Å². The Balaban J connectivity index is 1.75. The van der Waals surface area contributed by atoms with E-state index in [-0.39, 0.29) is 29.9 Å². The van der Waals surface area contributed by atoms with E-state index in [9.17, 15) is 9.59 Å². The van der Waals surface area contributed by atoms with Crippen LogP contribution in [0.3, 0.4) is 0 Å². The molecular weight excluding hydrogens is 284 g/mol. The molecule has 7 heteroatoms. The van der Waals surface area contributed by atoms with E-state index in [1.807, 2.05) is 24.3 Å². The normalized spacial score (nSPS) is 23.8. The summed E-state index contributed by atoms with van der Waals surface area (Å²) in [5.74, 6) is 0.235. The SMILES string of the molecule is COCC(=O)N1CCC2(CC1)NC(=O)CC2c1cnn(C)c1. The Hall–Kier alpha value is -1.89. The monoisotopic (exact) mass is 306 g/mol. The second kappa shape index (κ2) is 5.72. The lowest BCUT2D eigenvalue weighted by Crippen LogP contribution is -2.54. The van der Waals surface area contributed by atoms with Crippen LogP contribution in [0.5, 0.6) is 0 Å². The first kappa shape index (κ1) is 15.0. The third-order valence-electron chi connectivity index (χ3n) is 4.85. The van der Waals surface area contributed by atoms with E-state index in [1.54, 1.807) is 4.68 Å². The van der Waals surface area contributed by atoms with E-state index >= 15 is 0 Å². The van der Waals surface area contributed by atoms with E-state index in [2.05, 4.69) is 10.4 Å². The number of ether oxygens (including phenoxy) is 1. The number of aromatic nitrogens is 2. The third kappa shape index (κ3) is 2.61. The first-order chi connectivity index (χ1) is 10.5. The molecule has 3 heterocycles. The Morgan fingerprint density at radius 3 is 2.82 bits per heavy atom. The summed E-state index contributed by atoms with van der Waals surface area (Å²) < 4.78 is 6.68. The lowest BCUT2D eigenvalue weighted by molar-refractivity contribution is -0.136. The Labute approximate surface area is 129 Å². The van der Waals surface area contributed by atoms with E-state index in [0.717, 1.165) is 18.4 Å². The molecule has 22 heavy (non-hydrogen) atoms. The van der Waals surface area contributed by atoms with Crippen LogP contribution in [0.15, 0.2) is 12.4 Å². The molecular formula is C15H22N4O3. The van der Waals surface area contributed by atoms with Gasteiger partial charge >= 0.3 is 0 Å². The van der Waals surface area contributed by atoms with Gasteiger partial charge in [-0.1, -0.05) is 0 Å². The van der Waals surface area contributed by atoms with Crippen LogP contribution in [0.1, 0.15) is 30.7 Å². The highest BCUT2D eigenvalue weighted by molar-refractivity contribution is 5.82. The molecule has 1 atom stereocenters. The minimum atomic E-state index is -0.246. The predicted octanol–water partition coefficient (Wildman–Crippen LogP) is 0.0312. The van der Waals surface area contributed by atoms with E-state index in [0.29, 0.717) is 19.5 Å². The van der Waals surface area contributed by atoms with Crippen molar-refractivity contribution < 1.29 is 14.3 Å². The van der Waals surface area contributed by atoms with Crippen LogP contribution < -0.4 is 5.32 Å². The molecule has 0 saturated carbocycles. The molecule has 0 radical (unpaired) electrons. The molecule has 2 fully saturated rings. The number of methoxy groups -OCH3 is 1. The zero-order valence-electron chi connectivity index (χ0n) is 13.0. The topological polar surface area (TPSA) is 76.5 Å². The summed E-state index contributed by atoms with van der Waals surface area (Å²) in [5, 5.41) is 7.40. The van der Waals surface area contributed by atoms with Crippen LogP contribution in [0.2, 0.25) is 0 Å². The summed E-state index contributed by atoms with van der Waals surface area (Å²) in [5.41, 5.74) is 0.849.